The highest BCUT2D eigenvalue weighted by Crippen LogP contribution is 2.20. The highest BCUT2D eigenvalue weighted by atomic mass is 16.6. The Bertz CT molecular complexity index is 606. The van der Waals surface area contributed by atoms with Crippen LogP contribution in [0.5, 0.6) is 0 Å². The number of hydrogen-bond acceptors (Lipinski definition) is 4. The van der Waals surface area contributed by atoms with E-state index in [1.165, 1.54) is 0 Å². The molecule has 1 aromatic rings. The summed E-state index contributed by atoms with van der Waals surface area (Å²) in [5.41, 5.74) is 7.02. The average molecular weight is 376 g/mol. The molecule has 1 unspecified atom stereocenters. The number of piperidine rings is 1. The Kier molecular flexibility index (Phi) is 8.10. The highest BCUT2D eigenvalue weighted by Gasteiger charge is 2.32. The molecule has 0 aliphatic carbocycles. The minimum Gasteiger partial charge on any atom is -0.445 e. The largest absolute Gasteiger partial charge is 0.445 e. The lowest BCUT2D eigenvalue weighted by atomic mass is 10.0. The summed E-state index contributed by atoms with van der Waals surface area (Å²) in [6, 6.07) is 9.13. The number of nitrogens with zero attached hydrogens (tertiary/aromatic N) is 2. The second kappa shape index (κ2) is 10.3. The molecule has 2 N–H and O–H groups in total. The van der Waals surface area contributed by atoms with E-state index in [0.29, 0.717) is 19.6 Å². The van der Waals surface area contributed by atoms with Crippen molar-refractivity contribution in [1.82, 2.24) is 9.80 Å². The van der Waals surface area contributed by atoms with E-state index in [1.807, 2.05) is 51.1 Å². The summed E-state index contributed by atoms with van der Waals surface area (Å²) in [7, 11) is 0. The second-order valence-corrected chi connectivity index (χ2v) is 7.53. The predicted octanol–water partition coefficient (Wildman–Crippen LogP) is 3.01. The molecule has 1 heterocycles. The summed E-state index contributed by atoms with van der Waals surface area (Å²) in [4.78, 5) is 28.8. The summed E-state index contributed by atoms with van der Waals surface area (Å²) in [5.74, 6) is 0.0422. The summed E-state index contributed by atoms with van der Waals surface area (Å²) >= 11 is 0. The van der Waals surface area contributed by atoms with E-state index in [4.69, 9.17) is 10.5 Å². The van der Waals surface area contributed by atoms with Crippen molar-refractivity contribution in [3.63, 3.8) is 0 Å². The van der Waals surface area contributed by atoms with Gasteiger partial charge in [0.25, 0.3) is 0 Å². The first-order valence-corrected chi connectivity index (χ1v) is 9.95. The molecule has 1 aliphatic heterocycles. The molecule has 0 aromatic heterocycles. The van der Waals surface area contributed by atoms with E-state index in [0.717, 1.165) is 24.8 Å². The molecular formula is C21H33N3O3. The molecule has 0 saturated carbocycles. The van der Waals surface area contributed by atoms with Crippen molar-refractivity contribution in [1.29, 1.82) is 0 Å². The van der Waals surface area contributed by atoms with Crippen molar-refractivity contribution in [2.45, 2.75) is 58.7 Å². The number of nitrogens with two attached hydrogens (primary N) is 1. The number of benzene rings is 1. The fraction of sp³-hybridized carbons (Fsp3) is 0.619. The quantitative estimate of drug-likeness (QED) is 0.795. The van der Waals surface area contributed by atoms with Gasteiger partial charge in [0.15, 0.2) is 0 Å². The molecule has 2 amide bonds. The van der Waals surface area contributed by atoms with Crippen LogP contribution in [0.15, 0.2) is 30.3 Å². The van der Waals surface area contributed by atoms with Gasteiger partial charge >= 0.3 is 6.09 Å². The summed E-state index contributed by atoms with van der Waals surface area (Å²) in [5, 5.41) is 0. The fourth-order valence-corrected chi connectivity index (χ4v) is 3.36. The Balaban J connectivity index is 1.98. The van der Waals surface area contributed by atoms with Crippen LogP contribution in [0, 0.1) is 5.92 Å². The number of likely N-dealkylation sites (tertiary alicyclic amines) is 1. The molecule has 0 spiro atoms. The Morgan fingerprint density at radius 3 is 2.59 bits per heavy atom. The number of carbonyl (C=O) groups excluding carboxylic acids is 2. The van der Waals surface area contributed by atoms with Crippen LogP contribution in [0.2, 0.25) is 0 Å². The Morgan fingerprint density at radius 1 is 1.26 bits per heavy atom. The van der Waals surface area contributed by atoms with Crippen molar-refractivity contribution in [2.75, 3.05) is 19.6 Å². The van der Waals surface area contributed by atoms with E-state index in [2.05, 4.69) is 0 Å². The number of amides is 2. The van der Waals surface area contributed by atoms with Gasteiger partial charge in [-0.25, -0.2) is 4.79 Å². The smallest absolute Gasteiger partial charge is 0.410 e. The van der Waals surface area contributed by atoms with E-state index in [1.54, 1.807) is 9.80 Å². The lowest BCUT2D eigenvalue weighted by Gasteiger charge is -2.38. The molecule has 0 bridgehead atoms. The zero-order chi connectivity index (χ0) is 19.8. The first-order chi connectivity index (χ1) is 12.9. The fourth-order valence-electron chi connectivity index (χ4n) is 3.36. The first kappa shape index (κ1) is 21.2. The molecule has 150 valence electrons. The van der Waals surface area contributed by atoms with Crippen molar-refractivity contribution in [3.05, 3.63) is 35.9 Å². The van der Waals surface area contributed by atoms with Crippen LogP contribution in [0.1, 0.15) is 45.6 Å². The third-order valence-electron chi connectivity index (χ3n) is 5.19. The third kappa shape index (κ3) is 5.96. The molecular weight excluding hydrogens is 342 g/mol. The topological polar surface area (TPSA) is 75.9 Å². The molecule has 1 aliphatic rings. The SMILES string of the molecule is CCN(CC1CCCCN1C(=O)OCc1ccccc1)C(=O)[C@@H](N)C(C)C. The maximum Gasteiger partial charge on any atom is 0.410 e. The van der Waals surface area contributed by atoms with Gasteiger partial charge in [0, 0.05) is 19.6 Å². The van der Waals surface area contributed by atoms with Crippen LogP contribution >= 0.6 is 0 Å². The molecule has 0 radical (unpaired) electrons. The van der Waals surface area contributed by atoms with Crippen LogP contribution in [0.4, 0.5) is 4.79 Å². The number of rotatable bonds is 7. The van der Waals surface area contributed by atoms with Gasteiger partial charge in [0.2, 0.25) is 5.91 Å². The van der Waals surface area contributed by atoms with Gasteiger partial charge < -0.3 is 20.3 Å². The van der Waals surface area contributed by atoms with Gasteiger partial charge in [-0.3, -0.25) is 4.79 Å². The molecule has 2 atom stereocenters. The van der Waals surface area contributed by atoms with Crippen LogP contribution < -0.4 is 5.73 Å². The summed E-state index contributed by atoms with van der Waals surface area (Å²) < 4.78 is 5.52. The Labute approximate surface area is 162 Å². The van der Waals surface area contributed by atoms with E-state index >= 15 is 0 Å². The van der Waals surface area contributed by atoms with Gasteiger partial charge in [0.05, 0.1) is 12.1 Å². The van der Waals surface area contributed by atoms with E-state index in [9.17, 15) is 9.59 Å². The van der Waals surface area contributed by atoms with Gasteiger partial charge in [-0.15, -0.1) is 0 Å². The van der Waals surface area contributed by atoms with Gasteiger partial charge in [-0.05, 0) is 37.7 Å². The Hall–Kier alpha value is -2.08. The normalized spacial score (nSPS) is 18.3. The van der Waals surface area contributed by atoms with Crippen LogP contribution in [0.25, 0.3) is 0 Å². The lowest BCUT2D eigenvalue weighted by Crippen LogP contribution is -2.54. The van der Waals surface area contributed by atoms with Crippen molar-refractivity contribution in [2.24, 2.45) is 11.7 Å². The van der Waals surface area contributed by atoms with Gasteiger partial charge in [0.1, 0.15) is 6.61 Å². The maximum atomic E-state index is 12.6. The van der Waals surface area contributed by atoms with E-state index < -0.39 is 6.04 Å². The zero-order valence-electron chi connectivity index (χ0n) is 16.8. The van der Waals surface area contributed by atoms with Crippen molar-refractivity contribution < 1.29 is 14.3 Å². The molecule has 27 heavy (non-hydrogen) atoms. The standard InChI is InChI=1S/C21H33N3O3/c1-4-23(20(25)19(22)16(2)3)14-18-12-8-9-13-24(18)21(26)27-15-17-10-6-5-7-11-17/h5-7,10-11,16,18-19H,4,8-9,12-15,22H2,1-3H3/t18?,19-/m0/s1. The third-order valence-corrected chi connectivity index (χ3v) is 5.19. The summed E-state index contributed by atoms with van der Waals surface area (Å²) in [6.07, 6.45) is 2.58. The Morgan fingerprint density at radius 2 is 1.96 bits per heavy atom. The number of carbonyl (C=O) groups is 2. The number of hydrogen-bond donors (Lipinski definition) is 1. The predicted molar refractivity (Wildman–Crippen MR) is 106 cm³/mol. The monoisotopic (exact) mass is 375 g/mol. The van der Waals surface area contributed by atoms with E-state index in [-0.39, 0.29) is 30.6 Å². The van der Waals surface area contributed by atoms with Crippen LogP contribution in [-0.2, 0) is 16.1 Å². The number of ether oxygens (including phenoxy) is 1. The second-order valence-electron chi connectivity index (χ2n) is 7.53. The lowest BCUT2D eigenvalue weighted by molar-refractivity contribution is -0.134. The van der Waals surface area contributed by atoms with Gasteiger partial charge in [-0.1, -0.05) is 44.2 Å². The molecule has 1 fully saturated rings. The van der Waals surface area contributed by atoms with Crippen LogP contribution in [0.3, 0.4) is 0 Å². The maximum absolute atomic E-state index is 12.6. The van der Waals surface area contributed by atoms with Crippen molar-refractivity contribution in [3.8, 4) is 0 Å². The van der Waals surface area contributed by atoms with Gasteiger partial charge in [-0.2, -0.15) is 0 Å². The minimum absolute atomic E-state index is 0.0229. The average Bonchev–Trinajstić information content (AvgIpc) is 2.70. The highest BCUT2D eigenvalue weighted by molar-refractivity contribution is 5.82. The first-order valence-electron chi connectivity index (χ1n) is 9.95. The zero-order valence-corrected chi connectivity index (χ0v) is 16.8. The van der Waals surface area contributed by atoms with Crippen molar-refractivity contribution >= 4 is 12.0 Å². The number of likely N-dealkylation sites (N-methyl/N-ethyl adjacent to an activating group) is 1. The molecule has 1 saturated heterocycles. The molecule has 6 nitrogen and oxygen atoms in total. The minimum atomic E-state index is -0.507. The molecule has 6 heteroatoms. The summed E-state index contributed by atoms with van der Waals surface area (Å²) in [6.45, 7) is 7.87. The molecule has 2 rings (SSSR count). The van der Waals surface area contributed by atoms with Crippen LogP contribution in [-0.4, -0.2) is 53.5 Å². The molecule has 1 aromatic carbocycles.